The molecule has 110 valence electrons. The van der Waals surface area contributed by atoms with Crippen molar-refractivity contribution in [2.24, 2.45) is 0 Å². The first-order chi connectivity index (χ1) is 9.38. The van der Waals surface area contributed by atoms with E-state index in [4.69, 9.17) is 16.3 Å². The third-order valence-corrected chi connectivity index (χ3v) is 4.67. The molecule has 3 nitrogen and oxygen atoms in total. The molecule has 1 heterocycles. The van der Waals surface area contributed by atoms with Crippen LogP contribution in [0.4, 0.5) is 0 Å². The summed E-state index contributed by atoms with van der Waals surface area (Å²) >= 11 is 6.15. The van der Waals surface area contributed by atoms with Gasteiger partial charge in [-0.1, -0.05) is 18.5 Å². The number of halogens is 1. The van der Waals surface area contributed by atoms with Crippen LogP contribution in [0.3, 0.4) is 0 Å². The Morgan fingerprint density at radius 1 is 1.45 bits per heavy atom. The summed E-state index contributed by atoms with van der Waals surface area (Å²) in [6, 6.07) is 3.79. The van der Waals surface area contributed by atoms with Crippen LogP contribution in [0, 0.1) is 0 Å². The maximum Gasteiger partial charge on any atom is 0.157 e. The van der Waals surface area contributed by atoms with Crippen LogP contribution in [-0.2, 0) is 17.6 Å². The van der Waals surface area contributed by atoms with Crippen molar-refractivity contribution in [2.45, 2.75) is 38.6 Å². The molecule has 2 rings (SSSR count). The Hall–Kier alpha value is -1.06. The summed E-state index contributed by atoms with van der Waals surface area (Å²) < 4.78 is 5.67. The zero-order chi connectivity index (χ0) is 14.9. The van der Waals surface area contributed by atoms with Gasteiger partial charge in [0.2, 0.25) is 0 Å². The Morgan fingerprint density at radius 2 is 2.15 bits per heavy atom. The molecule has 1 aliphatic heterocycles. The van der Waals surface area contributed by atoms with Crippen molar-refractivity contribution < 1.29 is 9.53 Å². The van der Waals surface area contributed by atoms with E-state index >= 15 is 0 Å². The second-order valence-corrected chi connectivity index (χ2v) is 6.21. The summed E-state index contributed by atoms with van der Waals surface area (Å²) in [7, 11) is 3.89. The van der Waals surface area contributed by atoms with Gasteiger partial charge >= 0.3 is 0 Å². The number of carbonyl (C=O) groups excluding carboxylic acids is 1. The smallest absolute Gasteiger partial charge is 0.157 e. The fraction of sp³-hybridized carbons (Fsp3) is 0.562. The van der Waals surface area contributed by atoms with E-state index in [9.17, 15) is 4.79 Å². The predicted molar refractivity (Wildman–Crippen MR) is 81.7 cm³/mol. The third kappa shape index (κ3) is 2.70. The number of carbonyl (C=O) groups is 1. The molecular weight excluding hydrogens is 274 g/mol. The molecule has 0 aromatic heterocycles. The summed E-state index contributed by atoms with van der Waals surface area (Å²) in [6.45, 7) is 4.70. The van der Waals surface area contributed by atoms with E-state index in [2.05, 4.69) is 0 Å². The molecule has 20 heavy (non-hydrogen) atoms. The number of ether oxygens (including phenoxy) is 1. The van der Waals surface area contributed by atoms with Gasteiger partial charge in [0.25, 0.3) is 0 Å². The van der Waals surface area contributed by atoms with Gasteiger partial charge in [0, 0.05) is 23.4 Å². The number of ketones is 1. The van der Waals surface area contributed by atoms with Crippen LogP contribution in [-0.4, -0.2) is 36.9 Å². The van der Waals surface area contributed by atoms with Gasteiger partial charge in [-0.05, 0) is 45.1 Å². The fourth-order valence-corrected chi connectivity index (χ4v) is 2.87. The van der Waals surface area contributed by atoms with Crippen molar-refractivity contribution in [2.75, 3.05) is 20.7 Å². The molecule has 0 amide bonds. The molecular formula is C16H22ClNO2. The Kier molecular flexibility index (Phi) is 4.40. The molecule has 0 spiro atoms. The summed E-state index contributed by atoms with van der Waals surface area (Å²) in [4.78, 5) is 14.7. The second-order valence-electron chi connectivity index (χ2n) is 5.77. The normalized spacial score (nSPS) is 16.7. The fourth-order valence-electron chi connectivity index (χ4n) is 2.60. The number of nitrogens with zero attached hydrogens (tertiary/aromatic N) is 1. The lowest BCUT2D eigenvalue weighted by atomic mass is 9.87. The number of Topliss-reactive ketones (excluding diaryl/α,β-unsaturated/α-hetero) is 1. The second kappa shape index (κ2) is 5.74. The zero-order valence-corrected chi connectivity index (χ0v) is 13.4. The topological polar surface area (TPSA) is 29.5 Å². The molecule has 0 aliphatic carbocycles. The molecule has 0 radical (unpaired) electrons. The quantitative estimate of drug-likeness (QED) is 0.836. The number of hydrogen-bond donors (Lipinski definition) is 0. The summed E-state index contributed by atoms with van der Waals surface area (Å²) in [5.41, 5.74) is 1.58. The van der Waals surface area contributed by atoms with Crippen LogP contribution >= 0.6 is 11.6 Å². The van der Waals surface area contributed by atoms with Crippen LogP contribution in [0.5, 0.6) is 5.75 Å². The van der Waals surface area contributed by atoms with Crippen LogP contribution in [0.15, 0.2) is 12.1 Å². The summed E-state index contributed by atoms with van der Waals surface area (Å²) in [5, 5.41) is 0.681. The molecule has 0 saturated carbocycles. The molecule has 0 bridgehead atoms. The minimum absolute atomic E-state index is 0.199. The minimum atomic E-state index is -0.451. The number of fused-ring (bicyclic) bond motifs is 1. The largest absolute Gasteiger partial charge is 0.493 e. The third-order valence-electron chi connectivity index (χ3n) is 4.45. The Balaban J connectivity index is 2.29. The molecule has 0 N–H and O–H groups in total. The van der Waals surface area contributed by atoms with Gasteiger partial charge in [-0.15, -0.1) is 0 Å². The van der Waals surface area contributed by atoms with Gasteiger partial charge in [0.15, 0.2) is 5.78 Å². The molecule has 1 aromatic rings. The zero-order valence-electron chi connectivity index (χ0n) is 12.6. The monoisotopic (exact) mass is 295 g/mol. The molecule has 0 saturated heterocycles. The number of benzene rings is 1. The summed E-state index contributed by atoms with van der Waals surface area (Å²) in [6.07, 6.45) is 2.02. The average molecular weight is 296 g/mol. The SMILES string of the molecule is CCC(C)(C(=O)Cc1cc(Cl)cc2c1OCC2)N(C)C. The highest BCUT2D eigenvalue weighted by atomic mass is 35.5. The van der Waals surface area contributed by atoms with Crippen LogP contribution in [0.25, 0.3) is 0 Å². The van der Waals surface area contributed by atoms with Gasteiger partial charge in [-0.25, -0.2) is 0 Å². The molecule has 1 atom stereocenters. The first-order valence-corrected chi connectivity index (χ1v) is 7.41. The Labute approximate surface area is 125 Å². The highest BCUT2D eigenvalue weighted by Gasteiger charge is 2.34. The minimum Gasteiger partial charge on any atom is -0.493 e. The highest BCUT2D eigenvalue weighted by Crippen LogP contribution is 2.34. The average Bonchev–Trinajstić information content (AvgIpc) is 2.85. The molecule has 1 aromatic carbocycles. The highest BCUT2D eigenvalue weighted by molar-refractivity contribution is 6.30. The van der Waals surface area contributed by atoms with Crippen molar-refractivity contribution in [3.05, 3.63) is 28.3 Å². The van der Waals surface area contributed by atoms with Crippen molar-refractivity contribution in [3.8, 4) is 5.75 Å². The maximum absolute atomic E-state index is 12.7. The van der Waals surface area contributed by atoms with Crippen LogP contribution < -0.4 is 4.74 Å². The standard InChI is InChI=1S/C16H22ClNO2/c1-5-16(2,18(3)4)14(19)10-12-9-13(17)8-11-6-7-20-15(11)12/h8-9H,5-7,10H2,1-4H3. The van der Waals surface area contributed by atoms with Gasteiger partial charge in [-0.3, -0.25) is 9.69 Å². The van der Waals surface area contributed by atoms with Gasteiger partial charge in [0.1, 0.15) is 5.75 Å². The van der Waals surface area contributed by atoms with E-state index in [1.165, 1.54) is 0 Å². The summed E-state index contributed by atoms with van der Waals surface area (Å²) in [5.74, 6) is 1.06. The van der Waals surface area contributed by atoms with Gasteiger partial charge < -0.3 is 4.74 Å². The number of hydrogen-bond acceptors (Lipinski definition) is 3. The van der Waals surface area contributed by atoms with E-state index in [0.29, 0.717) is 18.1 Å². The van der Waals surface area contributed by atoms with E-state index in [1.54, 1.807) is 0 Å². The van der Waals surface area contributed by atoms with E-state index in [-0.39, 0.29) is 5.78 Å². The van der Waals surface area contributed by atoms with E-state index < -0.39 is 5.54 Å². The number of rotatable bonds is 5. The lowest BCUT2D eigenvalue weighted by Crippen LogP contribution is -2.48. The van der Waals surface area contributed by atoms with E-state index in [1.807, 2.05) is 45.0 Å². The van der Waals surface area contributed by atoms with Gasteiger partial charge in [0.05, 0.1) is 12.1 Å². The Morgan fingerprint density at radius 3 is 2.75 bits per heavy atom. The molecule has 4 heteroatoms. The molecule has 1 aliphatic rings. The lowest BCUT2D eigenvalue weighted by Gasteiger charge is -2.34. The van der Waals surface area contributed by atoms with Crippen molar-refractivity contribution in [1.29, 1.82) is 0 Å². The van der Waals surface area contributed by atoms with Crippen molar-refractivity contribution in [1.82, 2.24) is 4.90 Å². The van der Waals surface area contributed by atoms with Crippen molar-refractivity contribution in [3.63, 3.8) is 0 Å². The van der Waals surface area contributed by atoms with Crippen LogP contribution in [0.1, 0.15) is 31.4 Å². The maximum atomic E-state index is 12.7. The first kappa shape index (κ1) is 15.3. The first-order valence-electron chi connectivity index (χ1n) is 7.03. The lowest BCUT2D eigenvalue weighted by molar-refractivity contribution is -0.128. The molecule has 1 unspecified atom stereocenters. The van der Waals surface area contributed by atoms with Gasteiger partial charge in [-0.2, -0.15) is 0 Å². The number of likely N-dealkylation sites (N-methyl/N-ethyl adjacent to an activating group) is 1. The van der Waals surface area contributed by atoms with Crippen LogP contribution in [0.2, 0.25) is 5.02 Å². The Bertz CT molecular complexity index is 527. The van der Waals surface area contributed by atoms with E-state index in [0.717, 1.165) is 29.7 Å². The predicted octanol–water partition coefficient (Wildman–Crippen LogP) is 3.12. The van der Waals surface area contributed by atoms with Crippen molar-refractivity contribution >= 4 is 17.4 Å². The molecule has 0 fully saturated rings.